The minimum Gasteiger partial charge on any atom is -0.453 e. The fraction of sp³-hybridized carbons (Fsp3) is 0.0625. The van der Waals surface area contributed by atoms with Crippen molar-refractivity contribution in [2.24, 2.45) is 0 Å². The minimum atomic E-state index is 0.864. The van der Waals surface area contributed by atoms with Gasteiger partial charge >= 0.3 is 0 Å². The molecule has 6 aromatic rings. The molecule has 2 heterocycles. The molecule has 0 unspecified atom stereocenters. The highest BCUT2D eigenvalue weighted by atomic mass is 16.5. The summed E-state index contributed by atoms with van der Waals surface area (Å²) >= 11 is 0. The third kappa shape index (κ3) is 2.91. The zero-order chi connectivity index (χ0) is 23.5. The molecule has 1 aliphatic rings. The molecule has 3 heteroatoms. The maximum Gasteiger partial charge on any atom is 0.151 e. The Morgan fingerprint density at radius 1 is 0.771 bits per heavy atom. The highest BCUT2D eigenvalue weighted by Crippen LogP contribution is 2.50. The zero-order valence-corrected chi connectivity index (χ0v) is 19.7. The summed E-state index contributed by atoms with van der Waals surface area (Å²) in [6.45, 7) is 4.22. The number of hydrogen-bond donors (Lipinski definition) is 1. The van der Waals surface area contributed by atoms with Crippen molar-refractivity contribution in [3.05, 3.63) is 109 Å². The van der Waals surface area contributed by atoms with Gasteiger partial charge in [-0.25, -0.2) is 0 Å². The Labute approximate surface area is 203 Å². The van der Waals surface area contributed by atoms with Crippen molar-refractivity contribution in [1.29, 1.82) is 0 Å². The monoisotopic (exact) mass is 452 g/mol. The van der Waals surface area contributed by atoms with Crippen molar-refractivity contribution in [3.8, 4) is 22.6 Å². The molecule has 0 aliphatic carbocycles. The summed E-state index contributed by atoms with van der Waals surface area (Å²) in [6.07, 6.45) is 2.14. The van der Waals surface area contributed by atoms with E-state index in [0.717, 1.165) is 45.2 Å². The average Bonchev–Trinajstić information content (AvgIpc) is 3.30. The number of para-hydroxylation sites is 3. The second-order valence-corrected chi connectivity index (χ2v) is 9.08. The Kier molecular flexibility index (Phi) is 4.27. The normalized spacial score (nSPS) is 13.2. The summed E-state index contributed by atoms with van der Waals surface area (Å²) in [6, 6.07) is 34.3. The molecule has 1 N–H and O–H groups in total. The van der Waals surface area contributed by atoms with Crippen molar-refractivity contribution in [2.45, 2.75) is 13.8 Å². The number of H-pyrrole nitrogens is 1. The van der Waals surface area contributed by atoms with Gasteiger partial charge < -0.3 is 14.6 Å². The van der Waals surface area contributed by atoms with E-state index in [9.17, 15) is 0 Å². The number of allylic oxidation sites excluding steroid dienone is 2. The molecule has 7 rings (SSSR count). The van der Waals surface area contributed by atoms with Gasteiger partial charge in [-0.15, -0.1) is 0 Å². The third-order valence-corrected chi connectivity index (χ3v) is 7.13. The standard InChI is InChI=1S/C32H24N2O/c1-3-20(2)34-27-13-6-7-14-29(27)35-30-18-16-22(19-28(30)34)24-11-8-12-25-31-23-10-5-4-9-21(23)15-17-26(31)33-32(24)25/h3-19,33H,1-2H3/b20-3+. The lowest BCUT2D eigenvalue weighted by atomic mass is 9.98. The van der Waals surface area contributed by atoms with Gasteiger partial charge in [0.15, 0.2) is 11.5 Å². The molecule has 35 heavy (non-hydrogen) atoms. The second kappa shape index (κ2) is 7.51. The minimum absolute atomic E-state index is 0.864. The van der Waals surface area contributed by atoms with E-state index in [0.29, 0.717) is 0 Å². The molecule has 0 spiro atoms. The average molecular weight is 453 g/mol. The van der Waals surface area contributed by atoms with Gasteiger partial charge in [-0.2, -0.15) is 0 Å². The fourth-order valence-corrected chi connectivity index (χ4v) is 5.37. The molecular weight excluding hydrogens is 428 g/mol. The van der Waals surface area contributed by atoms with Crippen LogP contribution in [-0.2, 0) is 0 Å². The second-order valence-electron chi connectivity index (χ2n) is 9.08. The van der Waals surface area contributed by atoms with Crippen LogP contribution in [0.15, 0.2) is 109 Å². The lowest BCUT2D eigenvalue weighted by Crippen LogP contribution is -2.19. The topological polar surface area (TPSA) is 28.3 Å². The van der Waals surface area contributed by atoms with E-state index in [1.165, 1.54) is 27.1 Å². The third-order valence-electron chi connectivity index (χ3n) is 7.13. The van der Waals surface area contributed by atoms with Crippen LogP contribution < -0.4 is 9.64 Å². The van der Waals surface area contributed by atoms with Crippen molar-refractivity contribution in [1.82, 2.24) is 4.98 Å². The predicted molar refractivity (Wildman–Crippen MR) is 147 cm³/mol. The van der Waals surface area contributed by atoms with Gasteiger partial charge in [0.05, 0.1) is 16.9 Å². The summed E-state index contributed by atoms with van der Waals surface area (Å²) in [5.41, 5.74) is 7.93. The van der Waals surface area contributed by atoms with Crippen LogP contribution in [0.1, 0.15) is 13.8 Å². The number of rotatable bonds is 2. The SMILES string of the molecule is C/C=C(\C)N1c2ccccc2Oc2ccc(-c3cccc4c3[nH]c3ccc5ccccc5c34)cc21. The van der Waals surface area contributed by atoms with E-state index in [2.05, 4.69) is 115 Å². The van der Waals surface area contributed by atoms with Crippen LogP contribution in [0.3, 0.4) is 0 Å². The fourth-order valence-electron chi connectivity index (χ4n) is 5.37. The number of anilines is 2. The molecule has 1 aromatic heterocycles. The van der Waals surface area contributed by atoms with Crippen LogP contribution >= 0.6 is 0 Å². The number of benzene rings is 5. The van der Waals surface area contributed by atoms with Crippen LogP contribution in [0.5, 0.6) is 11.5 Å². The number of hydrogen-bond acceptors (Lipinski definition) is 2. The van der Waals surface area contributed by atoms with Gasteiger partial charge in [0.25, 0.3) is 0 Å². The smallest absolute Gasteiger partial charge is 0.151 e. The number of aromatic amines is 1. The van der Waals surface area contributed by atoms with Gasteiger partial charge in [0.1, 0.15) is 0 Å². The molecule has 0 radical (unpaired) electrons. The van der Waals surface area contributed by atoms with E-state index >= 15 is 0 Å². The van der Waals surface area contributed by atoms with E-state index in [4.69, 9.17) is 4.74 Å². The van der Waals surface area contributed by atoms with Gasteiger partial charge in [0, 0.05) is 27.5 Å². The van der Waals surface area contributed by atoms with Crippen molar-refractivity contribution < 1.29 is 4.74 Å². The first-order chi connectivity index (χ1) is 17.2. The summed E-state index contributed by atoms with van der Waals surface area (Å²) in [7, 11) is 0. The zero-order valence-electron chi connectivity index (χ0n) is 19.7. The molecule has 1 aliphatic heterocycles. The molecular formula is C32H24N2O. The van der Waals surface area contributed by atoms with E-state index in [1.54, 1.807) is 0 Å². The molecule has 0 fully saturated rings. The first-order valence-electron chi connectivity index (χ1n) is 12.0. The highest BCUT2D eigenvalue weighted by molar-refractivity contribution is 6.22. The first-order valence-corrected chi connectivity index (χ1v) is 12.0. The number of nitrogens with zero attached hydrogens (tertiary/aromatic N) is 1. The van der Waals surface area contributed by atoms with E-state index in [-0.39, 0.29) is 0 Å². The largest absolute Gasteiger partial charge is 0.453 e. The summed E-state index contributed by atoms with van der Waals surface area (Å²) in [4.78, 5) is 6.01. The summed E-state index contributed by atoms with van der Waals surface area (Å²) in [5.74, 6) is 1.74. The number of fused-ring (bicyclic) bond motifs is 7. The number of ether oxygens (including phenoxy) is 1. The molecule has 0 saturated carbocycles. The summed E-state index contributed by atoms with van der Waals surface area (Å²) in [5, 5.41) is 5.06. The van der Waals surface area contributed by atoms with Gasteiger partial charge in [-0.1, -0.05) is 72.8 Å². The van der Waals surface area contributed by atoms with Gasteiger partial charge in [-0.3, -0.25) is 0 Å². The van der Waals surface area contributed by atoms with Crippen LogP contribution in [0.4, 0.5) is 11.4 Å². The van der Waals surface area contributed by atoms with Crippen LogP contribution in [0.25, 0.3) is 43.7 Å². The highest BCUT2D eigenvalue weighted by Gasteiger charge is 2.26. The van der Waals surface area contributed by atoms with Crippen LogP contribution in [0, 0.1) is 0 Å². The van der Waals surface area contributed by atoms with Gasteiger partial charge in [0.2, 0.25) is 0 Å². The van der Waals surface area contributed by atoms with Crippen molar-refractivity contribution in [2.75, 3.05) is 4.90 Å². The molecule has 168 valence electrons. The van der Waals surface area contributed by atoms with Crippen molar-refractivity contribution >= 4 is 44.0 Å². The Hall–Kier alpha value is -4.50. The Bertz CT molecular complexity index is 1810. The van der Waals surface area contributed by atoms with Crippen LogP contribution in [0.2, 0.25) is 0 Å². The van der Waals surface area contributed by atoms with Crippen LogP contribution in [-0.4, -0.2) is 4.98 Å². The lowest BCUT2D eigenvalue weighted by Gasteiger charge is -2.33. The Balaban J connectivity index is 1.46. The maximum atomic E-state index is 6.30. The number of nitrogens with one attached hydrogen (secondary N) is 1. The molecule has 5 aromatic carbocycles. The number of aromatic nitrogens is 1. The molecule has 3 nitrogen and oxygen atoms in total. The van der Waals surface area contributed by atoms with E-state index in [1.807, 2.05) is 12.1 Å². The Morgan fingerprint density at radius 3 is 2.49 bits per heavy atom. The molecule has 0 saturated heterocycles. The maximum absolute atomic E-state index is 6.30. The van der Waals surface area contributed by atoms with Crippen molar-refractivity contribution in [3.63, 3.8) is 0 Å². The molecule has 0 bridgehead atoms. The van der Waals surface area contributed by atoms with Gasteiger partial charge in [-0.05, 0) is 60.5 Å². The molecule has 0 atom stereocenters. The lowest BCUT2D eigenvalue weighted by molar-refractivity contribution is 0.476. The predicted octanol–water partition coefficient (Wildman–Crippen LogP) is 9.31. The van der Waals surface area contributed by atoms with E-state index < -0.39 is 0 Å². The quantitative estimate of drug-likeness (QED) is 0.283. The Morgan fingerprint density at radius 2 is 1.57 bits per heavy atom. The summed E-state index contributed by atoms with van der Waals surface area (Å²) < 4.78 is 6.30. The molecule has 0 amide bonds. The first kappa shape index (κ1) is 19.9.